The number of nitrogens with one attached hydrogen (secondary N) is 1. The summed E-state index contributed by atoms with van der Waals surface area (Å²) in [6.45, 7) is 1.31. The average molecular weight is 398 g/mol. The molecule has 0 bridgehead atoms. The molecule has 9 heteroatoms. The Balaban J connectivity index is 1.57. The van der Waals surface area contributed by atoms with Crippen molar-refractivity contribution in [1.29, 1.82) is 0 Å². The van der Waals surface area contributed by atoms with Gasteiger partial charge in [-0.25, -0.2) is 0 Å². The van der Waals surface area contributed by atoms with Gasteiger partial charge in [-0.05, 0) is 37.5 Å². The van der Waals surface area contributed by atoms with E-state index in [-0.39, 0.29) is 35.9 Å². The number of nitrogens with zero attached hydrogens (tertiary/aromatic N) is 1. The highest BCUT2D eigenvalue weighted by Crippen LogP contribution is 2.37. The number of alkyl halides is 3. The van der Waals surface area contributed by atoms with E-state index in [2.05, 4.69) is 10.1 Å². The molecule has 1 aromatic carbocycles. The maximum atomic E-state index is 12.4. The molecule has 1 saturated carbocycles. The number of amides is 3. The van der Waals surface area contributed by atoms with E-state index in [0.717, 1.165) is 29.9 Å². The number of likely N-dealkylation sites (tertiary alicyclic amines) is 1. The molecular weight excluding hydrogens is 377 g/mol. The van der Waals surface area contributed by atoms with Gasteiger partial charge < -0.3 is 10.1 Å². The van der Waals surface area contributed by atoms with E-state index in [1.54, 1.807) is 6.92 Å². The molecule has 28 heavy (non-hydrogen) atoms. The van der Waals surface area contributed by atoms with Gasteiger partial charge in [0.25, 0.3) is 0 Å². The zero-order chi connectivity index (χ0) is 20.5. The summed E-state index contributed by atoms with van der Waals surface area (Å²) in [7, 11) is 0. The third-order valence-electron chi connectivity index (χ3n) is 5.23. The summed E-state index contributed by atoms with van der Waals surface area (Å²) >= 11 is 0. The number of ether oxygens (including phenoxy) is 1. The summed E-state index contributed by atoms with van der Waals surface area (Å²) in [5.41, 5.74) is 0.565. The van der Waals surface area contributed by atoms with Crippen LogP contribution in [0, 0.1) is 11.8 Å². The van der Waals surface area contributed by atoms with E-state index < -0.39 is 18.3 Å². The number of halogens is 3. The molecule has 0 unspecified atom stereocenters. The molecule has 6 nitrogen and oxygen atoms in total. The van der Waals surface area contributed by atoms with E-state index in [1.807, 2.05) is 0 Å². The molecule has 1 aliphatic heterocycles. The van der Waals surface area contributed by atoms with Crippen molar-refractivity contribution in [2.75, 3.05) is 6.54 Å². The largest absolute Gasteiger partial charge is 0.573 e. The zero-order valence-corrected chi connectivity index (χ0v) is 15.3. The van der Waals surface area contributed by atoms with Crippen LogP contribution in [0.15, 0.2) is 24.3 Å². The molecule has 0 aromatic heterocycles. The normalized spacial score (nSPS) is 23.4. The van der Waals surface area contributed by atoms with Crippen molar-refractivity contribution in [2.24, 2.45) is 11.8 Å². The highest BCUT2D eigenvalue weighted by molar-refractivity contribution is 6.07. The summed E-state index contributed by atoms with van der Waals surface area (Å²) in [6, 6.07) is 4.62. The Hall–Kier alpha value is -2.58. The Morgan fingerprint density at radius 3 is 2.18 bits per heavy atom. The Kier molecular flexibility index (Phi) is 5.62. The van der Waals surface area contributed by atoms with Gasteiger partial charge in [-0.1, -0.05) is 25.0 Å². The number of hydrogen-bond donors (Lipinski definition) is 1. The lowest BCUT2D eigenvalue weighted by Gasteiger charge is -2.19. The van der Waals surface area contributed by atoms with E-state index in [0.29, 0.717) is 18.4 Å². The molecule has 0 spiro atoms. The van der Waals surface area contributed by atoms with Crippen molar-refractivity contribution in [3.8, 4) is 5.75 Å². The van der Waals surface area contributed by atoms with Crippen LogP contribution in [0.2, 0.25) is 0 Å². The molecule has 0 radical (unpaired) electrons. The predicted molar refractivity (Wildman–Crippen MR) is 91.9 cm³/mol. The predicted octanol–water partition coefficient (Wildman–Crippen LogP) is 2.94. The highest BCUT2D eigenvalue weighted by atomic mass is 19.4. The van der Waals surface area contributed by atoms with Crippen LogP contribution in [0.25, 0.3) is 0 Å². The van der Waals surface area contributed by atoms with Crippen LogP contribution in [0.1, 0.15) is 44.2 Å². The summed E-state index contributed by atoms with van der Waals surface area (Å²) in [6.07, 6.45) is -1.60. The van der Waals surface area contributed by atoms with Crippen molar-refractivity contribution >= 4 is 17.7 Å². The molecule has 3 amide bonds. The molecule has 1 aromatic rings. The van der Waals surface area contributed by atoms with E-state index >= 15 is 0 Å². The van der Waals surface area contributed by atoms with Crippen molar-refractivity contribution < 1.29 is 32.3 Å². The highest BCUT2D eigenvalue weighted by Gasteiger charge is 2.48. The van der Waals surface area contributed by atoms with Crippen LogP contribution < -0.4 is 10.1 Å². The number of carbonyl (C=O) groups is 3. The Morgan fingerprint density at radius 1 is 1.14 bits per heavy atom. The maximum absolute atomic E-state index is 12.4. The number of benzene rings is 1. The van der Waals surface area contributed by atoms with Gasteiger partial charge >= 0.3 is 6.36 Å². The number of hydrogen-bond acceptors (Lipinski definition) is 4. The fraction of sp³-hybridized carbons (Fsp3) is 0.526. The van der Waals surface area contributed by atoms with E-state index in [9.17, 15) is 27.6 Å². The lowest BCUT2D eigenvalue weighted by atomic mass is 9.81. The Bertz CT molecular complexity index is 739. The second-order valence-corrected chi connectivity index (χ2v) is 7.17. The summed E-state index contributed by atoms with van der Waals surface area (Å²) < 4.78 is 40.4. The molecule has 1 aliphatic carbocycles. The summed E-state index contributed by atoms with van der Waals surface area (Å²) in [5.74, 6) is -2.05. The van der Waals surface area contributed by atoms with Crippen LogP contribution >= 0.6 is 0 Å². The van der Waals surface area contributed by atoms with Crippen molar-refractivity contribution in [1.82, 2.24) is 10.2 Å². The number of rotatable bonds is 5. The minimum atomic E-state index is -4.77. The lowest BCUT2D eigenvalue weighted by Crippen LogP contribution is -2.41. The molecular formula is C19H21F3N2O4. The minimum absolute atomic E-state index is 0.286. The number of imide groups is 1. The van der Waals surface area contributed by atoms with Crippen molar-refractivity contribution in [2.45, 2.75) is 45.0 Å². The second-order valence-electron chi connectivity index (χ2n) is 7.17. The van der Waals surface area contributed by atoms with Crippen LogP contribution in [0.5, 0.6) is 5.75 Å². The van der Waals surface area contributed by atoms with Crippen LogP contribution in [0.3, 0.4) is 0 Å². The standard InChI is InChI=1S/C19H21F3N2O4/c1-11(12-6-8-13(9-7-12)28-19(20,21)22)23-16(25)10-24-17(26)14-4-2-3-5-15(14)18(24)27/h6-9,11,14-15H,2-5,10H2,1H3,(H,23,25)/t11-,14+,15+/m0/s1. The zero-order valence-electron chi connectivity index (χ0n) is 15.3. The first-order chi connectivity index (χ1) is 13.2. The first kappa shape index (κ1) is 20.2. The second kappa shape index (κ2) is 7.81. The molecule has 1 saturated heterocycles. The third kappa shape index (κ3) is 4.45. The van der Waals surface area contributed by atoms with Crippen LogP contribution in [0.4, 0.5) is 13.2 Å². The molecule has 1 heterocycles. The van der Waals surface area contributed by atoms with E-state index in [1.165, 1.54) is 12.1 Å². The fourth-order valence-corrected chi connectivity index (χ4v) is 3.86. The minimum Gasteiger partial charge on any atom is -0.406 e. The van der Waals surface area contributed by atoms with Gasteiger partial charge in [0.2, 0.25) is 17.7 Å². The molecule has 152 valence electrons. The number of carbonyl (C=O) groups excluding carboxylic acids is 3. The third-order valence-corrected chi connectivity index (χ3v) is 5.23. The summed E-state index contributed by atoms with van der Waals surface area (Å²) in [4.78, 5) is 38.2. The molecule has 3 rings (SSSR count). The van der Waals surface area contributed by atoms with Gasteiger partial charge in [-0.2, -0.15) is 0 Å². The average Bonchev–Trinajstić information content (AvgIpc) is 2.86. The van der Waals surface area contributed by atoms with Gasteiger partial charge in [0, 0.05) is 0 Å². The van der Waals surface area contributed by atoms with Crippen LogP contribution in [-0.4, -0.2) is 35.5 Å². The maximum Gasteiger partial charge on any atom is 0.573 e. The van der Waals surface area contributed by atoms with Gasteiger partial charge in [-0.15, -0.1) is 13.2 Å². The number of fused-ring (bicyclic) bond motifs is 1. The topological polar surface area (TPSA) is 75.7 Å². The van der Waals surface area contributed by atoms with Crippen LogP contribution in [-0.2, 0) is 14.4 Å². The van der Waals surface area contributed by atoms with Gasteiger partial charge in [0.15, 0.2) is 0 Å². The molecule has 3 atom stereocenters. The smallest absolute Gasteiger partial charge is 0.406 e. The Morgan fingerprint density at radius 2 is 1.68 bits per heavy atom. The fourth-order valence-electron chi connectivity index (χ4n) is 3.86. The SMILES string of the molecule is C[C@H](NC(=O)CN1C(=O)[C@@H]2CCCC[C@H]2C1=O)c1ccc(OC(F)(F)F)cc1. The van der Waals surface area contributed by atoms with Crippen molar-refractivity contribution in [3.63, 3.8) is 0 Å². The first-order valence-corrected chi connectivity index (χ1v) is 9.16. The monoisotopic (exact) mass is 398 g/mol. The lowest BCUT2D eigenvalue weighted by molar-refractivity contribution is -0.274. The van der Waals surface area contributed by atoms with Gasteiger partial charge in [-0.3, -0.25) is 19.3 Å². The molecule has 1 N–H and O–H groups in total. The van der Waals surface area contributed by atoms with E-state index in [4.69, 9.17) is 0 Å². The molecule has 2 fully saturated rings. The summed E-state index contributed by atoms with van der Waals surface area (Å²) in [5, 5.41) is 2.67. The Labute approximate surface area is 160 Å². The van der Waals surface area contributed by atoms with Gasteiger partial charge in [0.05, 0.1) is 17.9 Å². The van der Waals surface area contributed by atoms with Gasteiger partial charge in [0.1, 0.15) is 12.3 Å². The quantitative estimate of drug-likeness (QED) is 0.774. The first-order valence-electron chi connectivity index (χ1n) is 9.16. The van der Waals surface area contributed by atoms with Crippen molar-refractivity contribution in [3.05, 3.63) is 29.8 Å². The molecule has 2 aliphatic rings.